The number of rotatable bonds is 4. The fourth-order valence-corrected chi connectivity index (χ4v) is 1.21. The molecule has 0 amide bonds. The number of carbonyl (C=O) groups excluding carboxylic acids is 1. The van der Waals surface area contributed by atoms with Gasteiger partial charge in [0.1, 0.15) is 5.75 Å². The first-order chi connectivity index (χ1) is 7.86. The van der Waals surface area contributed by atoms with Crippen molar-refractivity contribution >= 4 is 17.4 Å². The van der Waals surface area contributed by atoms with Crippen LogP contribution in [0.1, 0.15) is 10.4 Å². The number of methoxy groups -OCH3 is 1. The van der Waals surface area contributed by atoms with Gasteiger partial charge < -0.3 is 9.47 Å². The summed E-state index contributed by atoms with van der Waals surface area (Å²) in [4.78, 5) is 10.9. The monoisotopic (exact) mass is 268 g/mol. The molecule has 3 nitrogen and oxygen atoms in total. The summed E-state index contributed by atoms with van der Waals surface area (Å²) >= 11 is 5.68. The zero-order valence-electron chi connectivity index (χ0n) is 8.68. The minimum atomic E-state index is -4.92. The van der Waals surface area contributed by atoms with Gasteiger partial charge in [0.25, 0.3) is 5.78 Å². The van der Waals surface area contributed by atoms with E-state index < -0.39 is 17.5 Å². The molecule has 0 radical (unpaired) electrons. The van der Waals surface area contributed by atoms with Gasteiger partial charge in [-0.05, 0) is 18.2 Å². The highest BCUT2D eigenvalue weighted by atomic mass is 35.5. The van der Waals surface area contributed by atoms with Crippen LogP contribution in [-0.2, 0) is 4.74 Å². The molecule has 1 rings (SSSR count). The molecule has 0 saturated carbocycles. The summed E-state index contributed by atoms with van der Waals surface area (Å²) in [6.07, 6.45) is -4.92. The van der Waals surface area contributed by atoms with Crippen LogP contribution >= 0.6 is 11.6 Å². The summed E-state index contributed by atoms with van der Waals surface area (Å²) in [5.74, 6) is -1.99. The summed E-state index contributed by atoms with van der Waals surface area (Å²) in [6, 6.07) is 3.07. The van der Waals surface area contributed by atoms with Gasteiger partial charge in [0.15, 0.2) is 6.79 Å². The van der Waals surface area contributed by atoms with Gasteiger partial charge in [0.2, 0.25) is 0 Å². The van der Waals surface area contributed by atoms with Crippen molar-refractivity contribution in [1.29, 1.82) is 0 Å². The maximum atomic E-state index is 12.2. The Labute approximate surface area is 100 Å². The Hall–Kier alpha value is -1.27. The summed E-state index contributed by atoms with van der Waals surface area (Å²) in [6.45, 7) is -0.177. The second-order valence-electron chi connectivity index (χ2n) is 3.02. The Morgan fingerprint density at radius 2 is 2.06 bits per heavy atom. The number of hydrogen-bond donors (Lipinski definition) is 0. The number of ketones is 1. The first kappa shape index (κ1) is 13.8. The van der Waals surface area contributed by atoms with Gasteiger partial charge >= 0.3 is 6.18 Å². The minimum Gasteiger partial charge on any atom is -0.466 e. The lowest BCUT2D eigenvalue weighted by Crippen LogP contribution is -2.22. The van der Waals surface area contributed by atoms with E-state index >= 15 is 0 Å². The standard InChI is InChI=1S/C10H8ClF3O3/c1-16-5-17-8-4-6(2-3-7(8)11)9(15)10(12,13)14/h2-4H,5H2,1H3. The fourth-order valence-electron chi connectivity index (χ4n) is 1.04. The van der Waals surface area contributed by atoms with Gasteiger partial charge in [0.05, 0.1) is 5.02 Å². The quantitative estimate of drug-likeness (QED) is 0.622. The largest absolute Gasteiger partial charge is 0.466 e. The van der Waals surface area contributed by atoms with Crippen molar-refractivity contribution in [1.82, 2.24) is 0 Å². The van der Waals surface area contributed by atoms with Gasteiger partial charge in [-0.2, -0.15) is 13.2 Å². The first-order valence-electron chi connectivity index (χ1n) is 4.39. The SMILES string of the molecule is COCOc1cc(C(=O)C(F)(F)F)ccc1Cl. The molecular formula is C10H8ClF3O3. The molecule has 0 aliphatic carbocycles. The molecule has 0 atom stereocenters. The van der Waals surface area contributed by atoms with Crippen LogP contribution in [0.5, 0.6) is 5.75 Å². The number of hydrogen-bond acceptors (Lipinski definition) is 3. The molecule has 94 valence electrons. The van der Waals surface area contributed by atoms with Gasteiger partial charge in [-0.15, -0.1) is 0 Å². The topological polar surface area (TPSA) is 35.5 Å². The third kappa shape index (κ3) is 3.61. The maximum Gasteiger partial charge on any atom is 0.454 e. The molecule has 0 unspecified atom stereocenters. The van der Waals surface area contributed by atoms with E-state index in [1.54, 1.807) is 0 Å². The van der Waals surface area contributed by atoms with Gasteiger partial charge in [-0.25, -0.2) is 0 Å². The number of carbonyl (C=O) groups is 1. The number of Topliss-reactive ketones (excluding diaryl/α,β-unsaturated/α-hetero) is 1. The predicted molar refractivity (Wildman–Crippen MR) is 54.3 cm³/mol. The van der Waals surface area contributed by atoms with Crippen LogP contribution in [0, 0.1) is 0 Å². The van der Waals surface area contributed by atoms with E-state index in [2.05, 4.69) is 4.74 Å². The fraction of sp³-hybridized carbons (Fsp3) is 0.300. The zero-order valence-corrected chi connectivity index (χ0v) is 9.43. The molecule has 0 aromatic heterocycles. The Balaban J connectivity index is 3.00. The molecular weight excluding hydrogens is 261 g/mol. The zero-order chi connectivity index (χ0) is 13.1. The molecule has 0 saturated heterocycles. The Morgan fingerprint density at radius 3 is 2.59 bits per heavy atom. The lowest BCUT2D eigenvalue weighted by atomic mass is 10.1. The first-order valence-corrected chi connectivity index (χ1v) is 4.77. The Bertz CT molecular complexity index is 418. The molecule has 7 heteroatoms. The van der Waals surface area contributed by atoms with Crippen LogP contribution in [-0.4, -0.2) is 25.9 Å². The van der Waals surface area contributed by atoms with Crippen LogP contribution in [0.25, 0.3) is 0 Å². The third-order valence-corrected chi connectivity index (χ3v) is 2.10. The number of halogens is 4. The van der Waals surface area contributed by atoms with Gasteiger partial charge in [-0.3, -0.25) is 4.79 Å². The van der Waals surface area contributed by atoms with E-state index in [-0.39, 0.29) is 17.6 Å². The van der Waals surface area contributed by atoms with Crippen LogP contribution in [0.3, 0.4) is 0 Å². The molecule has 0 fully saturated rings. The molecule has 0 aliphatic heterocycles. The summed E-state index contributed by atoms with van der Waals surface area (Å²) in [5, 5.41) is 0.0979. The van der Waals surface area contributed by atoms with E-state index in [0.29, 0.717) is 0 Å². The molecule has 0 spiro atoms. The number of alkyl halides is 3. The van der Waals surface area contributed by atoms with E-state index in [1.165, 1.54) is 7.11 Å². The van der Waals surface area contributed by atoms with Crippen LogP contribution < -0.4 is 4.74 Å². The molecule has 1 aromatic rings. The molecule has 0 bridgehead atoms. The minimum absolute atomic E-state index is 0.0383. The van der Waals surface area contributed by atoms with E-state index in [4.69, 9.17) is 16.3 Å². The normalized spacial score (nSPS) is 11.4. The van der Waals surface area contributed by atoms with Crippen molar-refractivity contribution in [3.8, 4) is 5.75 Å². The highest BCUT2D eigenvalue weighted by Crippen LogP contribution is 2.29. The lowest BCUT2D eigenvalue weighted by molar-refractivity contribution is -0.0885. The third-order valence-electron chi connectivity index (χ3n) is 1.78. The number of ether oxygens (including phenoxy) is 2. The summed E-state index contributed by atoms with van der Waals surface area (Å²) in [7, 11) is 1.35. The smallest absolute Gasteiger partial charge is 0.454 e. The van der Waals surface area contributed by atoms with E-state index in [1.807, 2.05) is 0 Å². The van der Waals surface area contributed by atoms with E-state index in [9.17, 15) is 18.0 Å². The Morgan fingerprint density at radius 1 is 1.41 bits per heavy atom. The molecule has 0 heterocycles. The van der Waals surface area contributed by atoms with Crippen molar-refractivity contribution < 1.29 is 27.4 Å². The summed E-state index contributed by atoms with van der Waals surface area (Å²) < 4.78 is 46.0. The number of benzene rings is 1. The van der Waals surface area contributed by atoms with Crippen molar-refractivity contribution in [2.45, 2.75) is 6.18 Å². The lowest BCUT2D eigenvalue weighted by Gasteiger charge is -2.09. The maximum absolute atomic E-state index is 12.2. The molecule has 1 aromatic carbocycles. The van der Waals surface area contributed by atoms with Crippen LogP contribution in [0.2, 0.25) is 5.02 Å². The second-order valence-corrected chi connectivity index (χ2v) is 3.43. The molecule has 0 N–H and O–H groups in total. The highest BCUT2D eigenvalue weighted by molar-refractivity contribution is 6.32. The van der Waals surface area contributed by atoms with Crippen molar-refractivity contribution in [3.63, 3.8) is 0 Å². The van der Waals surface area contributed by atoms with Crippen molar-refractivity contribution in [3.05, 3.63) is 28.8 Å². The molecule has 17 heavy (non-hydrogen) atoms. The molecule has 0 aliphatic rings. The van der Waals surface area contributed by atoms with Crippen LogP contribution in [0.15, 0.2) is 18.2 Å². The second kappa shape index (κ2) is 5.37. The Kier molecular flexibility index (Phi) is 4.36. The van der Waals surface area contributed by atoms with Crippen molar-refractivity contribution in [2.24, 2.45) is 0 Å². The average molecular weight is 269 g/mol. The van der Waals surface area contributed by atoms with Gasteiger partial charge in [-0.1, -0.05) is 11.6 Å². The average Bonchev–Trinajstić information content (AvgIpc) is 2.26. The summed E-state index contributed by atoms with van der Waals surface area (Å²) in [5.41, 5.74) is -0.534. The van der Waals surface area contributed by atoms with Gasteiger partial charge in [0, 0.05) is 12.7 Å². The van der Waals surface area contributed by atoms with Crippen LogP contribution in [0.4, 0.5) is 13.2 Å². The predicted octanol–water partition coefficient (Wildman–Crippen LogP) is 3.07. The highest BCUT2D eigenvalue weighted by Gasteiger charge is 2.39. The van der Waals surface area contributed by atoms with Crippen molar-refractivity contribution in [2.75, 3.05) is 13.9 Å². The van der Waals surface area contributed by atoms with E-state index in [0.717, 1.165) is 18.2 Å².